The molecule has 6 nitrogen and oxygen atoms in total. The van der Waals surface area contributed by atoms with Gasteiger partial charge < -0.3 is 13.6 Å². The standard InChI is InChI=1S/C57H35N5O/c1-3-15-36(16-4-1)55-58-56(37-17-5-2-6-18-37)60-57(59-55)40-19-13-20-41(33-40)61-48-25-10-8-22-43(48)47-34-38(30-32-50(47)61)39-29-31-44-42-21-7-11-26-49(42)62(52(44)35-39)51-27-14-24-46-45-23-9-12-28-53(45)63-54(46)51/h1-35H. The molecule has 9 aromatic carbocycles. The molecule has 0 N–H and O–H groups in total. The first kappa shape index (κ1) is 35.2. The monoisotopic (exact) mass is 805 g/mol. The van der Waals surface area contributed by atoms with Gasteiger partial charge >= 0.3 is 0 Å². The van der Waals surface area contributed by atoms with Crippen LogP contribution in [0.1, 0.15) is 0 Å². The smallest absolute Gasteiger partial charge is 0.164 e. The van der Waals surface area contributed by atoms with E-state index in [9.17, 15) is 0 Å². The molecular formula is C57H35N5O. The van der Waals surface area contributed by atoms with Gasteiger partial charge in [0.05, 0.1) is 27.8 Å². The lowest BCUT2D eigenvalue weighted by Gasteiger charge is -2.12. The van der Waals surface area contributed by atoms with Crippen molar-refractivity contribution >= 4 is 65.6 Å². The maximum atomic E-state index is 6.59. The number of furan rings is 1. The fourth-order valence-corrected chi connectivity index (χ4v) is 9.47. The lowest BCUT2D eigenvalue weighted by atomic mass is 10.0. The second kappa shape index (κ2) is 14.0. The zero-order chi connectivity index (χ0) is 41.4. The van der Waals surface area contributed by atoms with Crippen molar-refractivity contribution in [1.29, 1.82) is 0 Å². The van der Waals surface area contributed by atoms with E-state index < -0.39 is 0 Å². The molecule has 0 spiro atoms. The van der Waals surface area contributed by atoms with Gasteiger partial charge in [0.15, 0.2) is 23.1 Å². The molecule has 0 fully saturated rings. The summed E-state index contributed by atoms with van der Waals surface area (Å²) in [5, 5.41) is 7.00. The molecule has 4 aromatic heterocycles. The normalized spacial score (nSPS) is 11.8. The molecule has 0 unspecified atom stereocenters. The van der Waals surface area contributed by atoms with E-state index in [1.807, 2.05) is 72.8 Å². The number of aromatic nitrogens is 5. The van der Waals surface area contributed by atoms with Gasteiger partial charge in [-0.15, -0.1) is 0 Å². The molecule has 0 bridgehead atoms. The number of hydrogen-bond donors (Lipinski definition) is 0. The van der Waals surface area contributed by atoms with Crippen LogP contribution in [-0.2, 0) is 0 Å². The lowest BCUT2D eigenvalue weighted by Crippen LogP contribution is -2.01. The third-order valence-corrected chi connectivity index (χ3v) is 12.4. The second-order valence-corrected chi connectivity index (χ2v) is 16.0. The molecular weight excluding hydrogens is 771 g/mol. The summed E-state index contributed by atoms with van der Waals surface area (Å²) in [5.41, 5.74) is 13.4. The molecule has 13 aromatic rings. The van der Waals surface area contributed by atoms with E-state index in [1.165, 1.54) is 21.5 Å². The number of para-hydroxylation sites is 4. The Balaban J connectivity index is 0.960. The summed E-state index contributed by atoms with van der Waals surface area (Å²) in [4.78, 5) is 15.0. The van der Waals surface area contributed by atoms with Gasteiger partial charge in [-0.1, -0.05) is 158 Å². The highest BCUT2D eigenvalue weighted by Crippen LogP contribution is 2.41. The Bertz CT molecular complexity index is 3860. The molecule has 6 heteroatoms. The van der Waals surface area contributed by atoms with Gasteiger partial charge in [-0.25, -0.2) is 15.0 Å². The maximum absolute atomic E-state index is 6.59. The molecule has 13 rings (SSSR count). The number of rotatable bonds is 6. The molecule has 0 amide bonds. The first-order chi connectivity index (χ1) is 31.2. The number of hydrogen-bond acceptors (Lipinski definition) is 4. The first-order valence-corrected chi connectivity index (χ1v) is 21.2. The van der Waals surface area contributed by atoms with Crippen LogP contribution in [0.4, 0.5) is 0 Å². The van der Waals surface area contributed by atoms with Gasteiger partial charge in [0.25, 0.3) is 0 Å². The van der Waals surface area contributed by atoms with Crippen LogP contribution < -0.4 is 0 Å². The van der Waals surface area contributed by atoms with Crippen molar-refractivity contribution in [2.45, 2.75) is 0 Å². The van der Waals surface area contributed by atoms with E-state index in [1.54, 1.807) is 0 Å². The molecule has 0 atom stereocenters. The Kier molecular flexibility index (Phi) is 7.80. The van der Waals surface area contributed by atoms with Crippen LogP contribution in [0.5, 0.6) is 0 Å². The molecule has 0 aliphatic heterocycles. The van der Waals surface area contributed by atoms with Crippen LogP contribution in [-0.4, -0.2) is 24.1 Å². The van der Waals surface area contributed by atoms with Gasteiger partial charge in [-0.2, -0.15) is 0 Å². The van der Waals surface area contributed by atoms with Crippen LogP contribution in [0.25, 0.3) is 122 Å². The second-order valence-electron chi connectivity index (χ2n) is 16.0. The highest BCUT2D eigenvalue weighted by molar-refractivity contribution is 6.14. The van der Waals surface area contributed by atoms with Crippen LogP contribution >= 0.6 is 0 Å². The van der Waals surface area contributed by atoms with Crippen molar-refractivity contribution in [2.75, 3.05) is 0 Å². The van der Waals surface area contributed by atoms with Crippen molar-refractivity contribution in [3.63, 3.8) is 0 Å². The van der Waals surface area contributed by atoms with Gasteiger partial charge in [0.1, 0.15) is 5.58 Å². The van der Waals surface area contributed by atoms with E-state index in [0.29, 0.717) is 17.5 Å². The largest absolute Gasteiger partial charge is 0.454 e. The fourth-order valence-electron chi connectivity index (χ4n) is 9.47. The number of fused-ring (bicyclic) bond motifs is 9. The van der Waals surface area contributed by atoms with Crippen LogP contribution in [0.2, 0.25) is 0 Å². The minimum Gasteiger partial charge on any atom is -0.454 e. The molecule has 0 radical (unpaired) electrons. The molecule has 63 heavy (non-hydrogen) atoms. The van der Waals surface area contributed by atoms with Crippen LogP contribution in [0, 0.1) is 0 Å². The summed E-state index contributed by atoms with van der Waals surface area (Å²) in [6.07, 6.45) is 0. The Morgan fingerprint density at radius 2 is 0.825 bits per heavy atom. The highest BCUT2D eigenvalue weighted by atomic mass is 16.3. The van der Waals surface area contributed by atoms with Gasteiger partial charge in [0.2, 0.25) is 0 Å². The summed E-state index contributed by atoms with van der Waals surface area (Å²) in [6, 6.07) is 74.5. The van der Waals surface area contributed by atoms with Crippen LogP contribution in [0.15, 0.2) is 217 Å². The third-order valence-electron chi connectivity index (χ3n) is 12.4. The van der Waals surface area contributed by atoms with Crippen molar-refractivity contribution in [3.8, 4) is 56.7 Å². The topological polar surface area (TPSA) is 61.7 Å². The molecule has 0 saturated carbocycles. The van der Waals surface area contributed by atoms with Gasteiger partial charge in [-0.3, -0.25) is 0 Å². The molecule has 0 aliphatic carbocycles. The lowest BCUT2D eigenvalue weighted by molar-refractivity contribution is 0.666. The van der Waals surface area contributed by atoms with Crippen LogP contribution in [0.3, 0.4) is 0 Å². The average molecular weight is 806 g/mol. The van der Waals surface area contributed by atoms with E-state index in [-0.39, 0.29) is 0 Å². The molecule has 4 heterocycles. The fraction of sp³-hybridized carbons (Fsp3) is 0. The molecule has 0 aliphatic rings. The SMILES string of the molecule is c1ccc(-c2nc(-c3ccccc3)nc(-c3cccc(-n4c5ccccc5c5cc(-c6ccc7c8ccccc8n(-c8cccc9c8oc8ccccc89)c7c6)ccc54)c3)n2)cc1. The van der Waals surface area contributed by atoms with Crippen molar-refractivity contribution in [2.24, 2.45) is 0 Å². The van der Waals surface area contributed by atoms with Crippen molar-refractivity contribution in [3.05, 3.63) is 212 Å². The van der Waals surface area contributed by atoms with E-state index >= 15 is 0 Å². The Morgan fingerprint density at radius 3 is 1.57 bits per heavy atom. The van der Waals surface area contributed by atoms with Gasteiger partial charge in [-0.05, 0) is 65.7 Å². The van der Waals surface area contributed by atoms with E-state index in [4.69, 9.17) is 19.4 Å². The van der Waals surface area contributed by atoms with Crippen molar-refractivity contribution in [1.82, 2.24) is 24.1 Å². The van der Waals surface area contributed by atoms with E-state index in [0.717, 1.165) is 83.2 Å². The minimum atomic E-state index is 0.622. The van der Waals surface area contributed by atoms with E-state index in [2.05, 4.69) is 149 Å². The number of benzene rings is 9. The average Bonchev–Trinajstić information content (AvgIpc) is 4.02. The zero-order valence-electron chi connectivity index (χ0n) is 33.9. The summed E-state index contributed by atoms with van der Waals surface area (Å²) in [5.74, 6) is 1.90. The summed E-state index contributed by atoms with van der Waals surface area (Å²) in [6.45, 7) is 0. The Hall–Kier alpha value is -8.61. The Morgan fingerprint density at radius 1 is 0.302 bits per heavy atom. The minimum absolute atomic E-state index is 0.622. The summed E-state index contributed by atoms with van der Waals surface area (Å²) < 4.78 is 11.3. The highest BCUT2D eigenvalue weighted by Gasteiger charge is 2.20. The van der Waals surface area contributed by atoms with Crippen molar-refractivity contribution < 1.29 is 4.42 Å². The number of nitrogens with zero attached hydrogens (tertiary/aromatic N) is 5. The summed E-state index contributed by atoms with van der Waals surface area (Å²) in [7, 11) is 0. The predicted molar refractivity (Wildman–Crippen MR) is 258 cm³/mol. The predicted octanol–water partition coefficient (Wildman–Crippen LogP) is 14.6. The maximum Gasteiger partial charge on any atom is 0.164 e. The Labute approximate surface area is 361 Å². The summed E-state index contributed by atoms with van der Waals surface area (Å²) >= 11 is 0. The molecule has 0 saturated heterocycles. The zero-order valence-corrected chi connectivity index (χ0v) is 33.9. The first-order valence-electron chi connectivity index (χ1n) is 21.2. The quantitative estimate of drug-likeness (QED) is 0.168. The van der Waals surface area contributed by atoms with Gasteiger partial charge in [0, 0.05) is 54.7 Å². The molecule has 294 valence electrons. The third kappa shape index (κ3) is 5.62.